The van der Waals surface area contributed by atoms with Crippen LogP contribution in [0.3, 0.4) is 0 Å². The molecule has 0 saturated carbocycles. The molecule has 0 unspecified atom stereocenters. The van der Waals surface area contributed by atoms with Crippen molar-refractivity contribution in [2.75, 3.05) is 66.9 Å². The first-order valence-corrected chi connectivity index (χ1v) is 16.1. The highest BCUT2D eigenvalue weighted by molar-refractivity contribution is 7.98. The van der Waals surface area contributed by atoms with E-state index in [1.165, 1.54) is 7.05 Å². The van der Waals surface area contributed by atoms with E-state index in [0.717, 1.165) is 36.1 Å². The monoisotopic (exact) mass is 640 g/mol. The van der Waals surface area contributed by atoms with Crippen LogP contribution in [0.5, 0.6) is 0 Å². The van der Waals surface area contributed by atoms with Gasteiger partial charge in [-0.2, -0.15) is 23.5 Å². The highest BCUT2D eigenvalue weighted by atomic mass is 32.2. The number of hydrogen-bond acceptors (Lipinski definition) is 13. The summed E-state index contributed by atoms with van der Waals surface area (Å²) < 4.78 is 11.6. The van der Waals surface area contributed by atoms with Crippen molar-refractivity contribution in [1.82, 2.24) is 25.8 Å². The minimum Gasteiger partial charge on any atom is -0.464 e. The average Bonchev–Trinajstić information content (AvgIpc) is 3.57. The van der Waals surface area contributed by atoms with Gasteiger partial charge in [0.1, 0.15) is 29.5 Å². The van der Waals surface area contributed by atoms with Crippen LogP contribution < -0.4 is 16.0 Å². The van der Waals surface area contributed by atoms with Crippen molar-refractivity contribution < 1.29 is 18.7 Å². The third-order valence-corrected chi connectivity index (χ3v) is 7.89. The summed E-state index contributed by atoms with van der Waals surface area (Å²) in [5.41, 5.74) is -0.308. The number of nitrogens with zero attached hydrogens (tertiary/aromatic N) is 5. The van der Waals surface area contributed by atoms with Crippen LogP contribution in [-0.4, -0.2) is 98.4 Å². The van der Waals surface area contributed by atoms with Crippen molar-refractivity contribution in [3.8, 4) is 0 Å². The maximum absolute atomic E-state index is 12.0. The molecule has 0 aliphatic carbocycles. The Balaban J connectivity index is 1.88. The molecule has 0 bridgehead atoms. The second kappa shape index (κ2) is 19.1. The quantitative estimate of drug-likeness (QED) is 0.0599. The standard InChI is InChI=1S/C27H44N8O6S2/c1-28-26(30-11-13-42-18-22-9-7-20(40-22)16-32(3)4)24(34(36)37)15-25(35(38)39)27(29-2)31-12-14-43-19-23-10-8-21(41-23)17-33(5)6/h7-10,24,29,31H,11-19H2,1-6H3,(H,28,30)/t24-/m1/s1. The van der Waals surface area contributed by atoms with Gasteiger partial charge in [-0.15, -0.1) is 0 Å². The third-order valence-electron chi connectivity index (χ3n) is 5.92. The van der Waals surface area contributed by atoms with Gasteiger partial charge in [0.05, 0.1) is 29.5 Å². The van der Waals surface area contributed by atoms with Crippen LogP contribution in [0.1, 0.15) is 29.5 Å². The average molecular weight is 641 g/mol. The number of furan rings is 2. The summed E-state index contributed by atoms with van der Waals surface area (Å²) in [6.07, 6.45) is -0.439. The first kappa shape index (κ1) is 36.0. The molecule has 0 amide bonds. The van der Waals surface area contributed by atoms with Gasteiger partial charge in [0.15, 0.2) is 11.7 Å². The highest BCUT2D eigenvalue weighted by Gasteiger charge is 2.35. The van der Waals surface area contributed by atoms with E-state index < -0.39 is 22.3 Å². The minimum atomic E-state index is -1.40. The van der Waals surface area contributed by atoms with Crippen molar-refractivity contribution in [1.29, 1.82) is 0 Å². The molecule has 0 saturated heterocycles. The second-order valence-electron chi connectivity index (χ2n) is 10.1. The van der Waals surface area contributed by atoms with Crippen LogP contribution in [0.15, 0.2) is 49.6 Å². The van der Waals surface area contributed by atoms with Gasteiger partial charge in [0.25, 0.3) is 11.7 Å². The van der Waals surface area contributed by atoms with Crippen molar-refractivity contribution in [3.63, 3.8) is 0 Å². The Morgan fingerprint density at radius 1 is 0.884 bits per heavy atom. The fraction of sp³-hybridized carbons (Fsp3) is 0.593. The van der Waals surface area contributed by atoms with E-state index in [-0.39, 0.29) is 17.4 Å². The maximum Gasteiger partial charge on any atom is 0.293 e. The lowest BCUT2D eigenvalue weighted by molar-refractivity contribution is -0.512. The van der Waals surface area contributed by atoms with Crippen LogP contribution in [-0.2, 0) is 24.6 Å². The molecule has 43 heavy (non-hydrogen) atoms. The fourth-order valence-electron chi connectivity index (χ4n) is 4.04. The first-order chi connectivity index (χ1) is 20.5. The summed E-state index contributed by atoms with van der Waals surface area (Å²) in [6.45, 7) is 2.27. The number of thioether (sulfide) groups is 2. The Labute approximate surface area is 261 Å². The van der Waals surface area contributed by atoms with Crippen molar-refractivity contribution in [2.45, 2.75) is 37.1 Å². The number of hydrogen-bond donors (Lipinski definition) is 3. The summed E-state index contributed by atoms with van der Waals surface area (Å²) in [5.74, 6) is 6.34. The lowest BCUT2D eigenvalue weighted by Gasteiger charge is -2.15. The Kier molecular flexibility index (Phi) is 16.0. The van der Waals surface area contributed by atoms with E-state index in [1.54, 1.807) is 30.6 Å². The van der Waals surface area contributed by atoms with Crippen molar-refractivity contribution in [3.05, 3.63) is 79.1 Å². The van der Waals surface area contributed by atoms with Gasteiger partial charge < -0.3 is 34.6 Å². The molecule has 2 aromatic rings. The Bertz CT molecular complexity index is 1210. The van der Waals surface area contributed by atoms with Crippen LogP contribution >= 0.6 is 23.5 Å². The first-order valence-electron chi connectivity index (χ1n) is 13.8. The Morgan fingerprint density at radius 2 is 1.37 bits per heavy atom. The third kappa shape index (κ3) is 13.3. The summed E-state index contributed by atoms with van der Waals surface area (Å²) in [4.78, 5) is 30.9. The molecule has 3 N–H and O–H groups in total. The van der Waals surface area contributed by atoms with Gasteiger partial charge in [-0.05, 0) is 52.5 Å². The molecule has 0 aliphatic heterocycles. The predicted molar refractivity (Wildman–Crippen MR) is 172 cm³/mol. The van der Waals surface area contributed by atoms with Crippen LogP contribution in [0, 0.1) is 20.2 Å². The molecule has 16 heteroatoms. The zero-order chi connectivity index (χ0) is 31.8. The predicted octanol–water partition coefficient (Wildman–Crippen LogP) is 3.07. The Hall–Kier alpha value is -3.21. The summed E-state index contributed by atoms with van der Waals surface area (Å²) in [7, 11) is 10.9. The van der Waals surface area contributed by atoms with Gasteiger partial charge >= 0.3 is 0 Å². The van der Waals surface area contributed by atoms with E-state index in [0.29, 0.717) is 36.1 Å². The molecule has 14 nitrogen and oxygen atoms in total. The van der Waals surface area contributed by atoms with Crippen LogP contribution in [0.25, 0.3) is 0 Å². The molecule has 0 aromatic carbocycles. The molecule has 0 fully saturated rings. The normalized spacial score (nSPS) is 13.3. The molecule has 1 atom stereocenters. The lowest BCUT2D eigenvalue weighted by atomic mass is 10.1. The molecule has 0 spiro atoms. The zero-order valence-corrected chi connectivity index (χ0v) is 27.4. The molecule has 0 aliphatic rings. The number of nitro groups is 2. The molecular weight excluding hydrogens is 596 g/mol. The van der Waals surface area contributed by atoms with E-state index in [4.69, 9.17) is 8.83 Å². The van der Waals surface area contributed by atoms with Gasteiger partial charge in [-0.1, -0.05) is 0 Å². The van der Waals surface area contributed by atoms with Crippen molar-refractivity contribution in [2.24, 2.45) is 4.99 Å². The highest BCUT2D eigenvalue weighted by Crippen LogP contribution is 2.18. The van der Waals surface area contributed by atoms with Crippen LogP contribution in [0.2, 0.25) is 0 Å². The lowest BCUT2D eigenvalue weighted by Crippen LogP contribution is -2.42. The molecule has 240 valence electrons. The van der Waals surface area contributed by atoms with E-state index in [9.17, 15) is 20.2 Å². The summed E-state index contributed by atoms with van der Waals surface area (Å²) in [5, 5.41) is 32.8. The maximum atomic E-state index is 12.0. The molecular formula is C27H44N8O6S2. The van der Waals surface area contributed by atoms with E-state index >= 15 is 0 Å². The van der Waals surface area contributed by atoms with Gasteiger partial charge in [0.2, 0.25) is 0 Å². The van der Waals surface area contributed by atoms with Crippen LogP contribution in [0.4, 0.5) is 0 Å². The minimum absolute atomic E-state index is 0.0920. The summed E-state index contributed by atoms with van der Waals surface area (Å²) >= 11 is 3.23. The van der Waals surface area contributed by atoms with Gasteiger partial charge in [-0.3, -0.25) is 25.2 Å². The SMILES string of the molecule is CN=C(NCCSCc1ccc(CN(C)C)o1)[C@@H](CC(=C(NC)NCCSCc1ccc(CN(C)C)o1)[N+](=O)[O-])[N+](=O)[O-]. The Morgan fingerprint density at radius 3 is 1.79 bits per heavy atom. The van der Waals surface area contributed by atoms with Crippen molar-refractivity contribution >= 4 is 29.4 Å². The second-order valence-corrected chi connectivity index (χ2v) is 12.3. The largest absolute Gasteiger partial charge is 0.464 e. The molecule has 2 aromatic heterocycles. The van der Waals surface area contributed by atoms with E-state index in [1.807, 2.05) is 62.3 Å². The molecule has 2 rings (SSSR count). The van der Waals surface area contributed by atoms with E-state index in [2.05, 4.69) is 20.9 Å². The fourth-order valence-corrected chi connectivity index (χ4v) is 5.53. The van der Waals surface area contributed by atoms with Gasteiger partial charge in [0, 0.05) is 43.6 Å². The topological polar surface area (TPSA) is 167 Å². The van der Waals surface area contributed by atoms with Gasteiger partial charge in [-0.25, -0.2) is 0 Å². The number of rotatable bonds is 21. The number of nitrogens with one attached hydrogen (secondary N) is 3. The zero-order valence-electron chi connectivity index (χ0n) is 25.8. The number of aliphatic imine (C=N–C) groups is 1. The summed E-state index contributed by atoms with van der Waals surface area (Å²) in [6, 6.07) is 6.40. The molecule has 2 heterocycles. The molecule has 0 radical (unpaired) electrons. The number of amidine groups is 1. The smallest absolute Gasteiger partial charge is 0.293 e.